The van der Waals surface area contributed by atoms with Crippen LogP contribution in [0.1, 0.15) is 5.56 Å². The molecule has 1 fully saturated rings. The van der Waals surface area contributed by atoms with Crippen LogP contribution in [0.25, 0.3) is 0 Å². The number of nitrogens with zero attached hydrogens (tertiary/aromatic N) is 1. The maximum atomic E-state index is 5.99. The van der Waals surface area contributed by atoms with Gasteiger partial charge in [-0.1, -0.05) is 6.07 Å². The van der Waals surface area contributed by atoms with E-state index in [1.807, 2.05) is 6.07 Å². The van der Waals surface area contributed by atoms with Gasteiger partial charge in [-0.05, 0) is 31.7 Å². The molecule has 1 aromatic carbocycles. The van der Waals surface area contributed by atoms with Crippen LogP contribution < -0.4 is 5.73 Å². The van der Waals surface area contributed by atoms with Crippen molar-refractivity contribution in [2.75, 3.05) is 38.2 Å². The molecule has 0 aromatic heterocycles. The second kappa shape index (κ2) is 5.76. The molecule has 1 heterocycles. The van der Waals surface area contributed by atoms with Crippen LogP contribution >= 0.6 is 11.8 Å². The van der Waals surface area contributed by atoms with Gasteiger partial charge >= 0.3 is 0 Å². The number of rotatable bonds is 3. The minimum atomic E-state index is 0.319. The van der Waals surface area contributed by atoms with Gasteiger partial charge in [0.05, 0.1) is 12.7 Å². The molecule has 0 amide bonds. The van der Waals surface area contributed by atoms with Gasteiger partial charge in [-0.3, -0.25) is 0 Å². The van der Waals surface area contributed by atoms with E-state index < -0.39 is 0 Å². The minimum absolute atomic E-state index is 0.319. The normalized spacial score (nSPS) is 21.6. The number of aryl methyl sites for hydroxylation is 1. The molecule has 0 bridgehead atoms. The lowest BCUT2D eigenvalue weighted by molar-refractivity contribution is -0.00598. The van der Waals surface area contributed by atoms with E-state index in [1.54, 1.807) is 11.8 Å². The Morgan fingerprint density at radius 3 is 3.06 bits per heavy atom. The number of morpholine rings is 1. The summed E-state index contributed by atoms with van der Waals surface area (Å²) < 4.78 is 5.73. The molecule has 3 nitrogen and oxygen atoms in total. The molecule has 0 aliphatic carbocycles. The van der Waals surface area contributed by atoms with Crippen LogP contribution in [0.15, 0.2) is 23.1 Å². The molecule has 2 rings (SSSR count). The van der Waals surface area contributed by atoms with E-state index in [0.29, 0.717) is 6.10 Å². The molecule has 0 radical (unpaired) electrons. The van der Waals surface area contributed by atoms with Crippen LogP contribution in [0, 0.1) is 6.92 Å². The van der Waals surface area contributed by atoms with Gasteiger partial charge in [0, 0.05) is 29.4 Å². The molecule has 1 unspecified atom stereocenters. The lowest BCUT2D eigenvalue weighted by Crippen LogP contribution is -2.41. The smallest absolute Gasteiger partial charge is 0.0796 e. The van der Waals surface area contributed by atoms with Crippen molar-refractivity contribution in [3.8, 4) is 0 Å². The highest BCUT2D eigenvalue weighted by molar-refractivity contribution is 7.99. The molecule has 1 aromatic rings. The number of hydrogen-bond donors (Lipinski definition) is 1. The van der Waals surface area contributed by atoms with Crippen molar-refractivity contribution < 1.29 is 4.74 Å². The average Bonchev–Trinajstić information content (AvgIpc) is 2.28. The quantitative estimate of drug-likeness (QED) is 0.659. The largest absolute Gasteiger partial charge is 0.398 e. The third-order valence-electron chi connectivity index (χ3n) is 2.93. The first kappa shape index (κ1) is 12.7. The second-order valence-electron chi connectivity index (χ2n) is 4.61. The molecule has 0 spiro atoms. The summed E-state index contributed by atoms with van der Waals surface area (Å²) >= 11 is 1.79. The summed E-state index contributed by atoms with van der Waals surface area (Å²) in [5.41, 5.74) is 8.08. The maximum absolute atomic E-state index is 5.99. The van der Waals surface area contributed by atoms with Gasteiger partial charge in [-0.15, -0.1) is 11.8 Å². The Bertz CT molecular complexity index is 384. The Morgan fingerprint density at radius 1 is 1.53 bits per heavy atom. The highest BCUT2D eigenvalue weighted by Crippen LogP contribution is 2.27. The van der Waals surface area contributed by atoms with Gasteiger partial charge in [-0.2, -0.15) is 0 Å². The van der Waals surface area contributed by atoms with Crippen LogP contribution in [0.2, 0.25) is 0 Å². The molecular weight excluding hydrogens is 232 g/mol. The van der Waals surface area contributed by atoms with Crippen molar-refractivity contribution in [2.24, 2.45) is 0 Å². The zero-order valence-corrected chi connectivity index (χ0v) is 11.3. The topological polar surface area (TPSA) is 38.5 Å². The van der Waals surface area contributed by atoms with Crippen molar-refractivity contribution in [1.29, 1.82) is 0 Å². The first-order chi connectivity index (χ1) is 8.15. The fraction of sp³-hybridized carbons (Fsp3) is 0.538. The number of likely N-dealkylation sites (N-methyl/N-ethyl adjacent to an activating group) is 1. The standard InChI is InChI=1S/C13H20N2OS/c1-10-3-4-13(12(14)7-10)17-9-11-8-15(2)5-6-16-11/h3-4,7,11H,5-6,8-9,14H2,1-2H3. The van der Waals surface area contributed by atoms with Crippen LogP contribution in [0.4, 0.5) is 5.69 Å². The highest BCUT2D eigenvalue weighted by Gasteiger charge is 2.17. The van der Waals surface area contributed by atoms with E-state index in [2.05, 4.69) is 31.0 Å². The zero-order valence-electron chi connectivity index (χ0n) is 10.5. The Morgan fingerprint density at radius 2 is 2.35 bits per heavy atom. The maximum Gasteiger partial charge on any atom is 0.0796 e. The second-order valence-corrected chi connectivity index (χ2v) is 5.67. The predicted molar refractivity (Wildman–Crippen MR) is 73.6 cm³/mol. The molecule has 0 saturated carbocycles. The van der Waals surface area contributed by atoms with Gasteiger partial charge in [0.25, 0.3) is 0 Å². The van der Waals surface area contributed by atoms with Crippen molar-refractivity contribution in [3.05, 3.63) is 23.8 Å². The lowest BCUT2D eigenvalue weighted by atomic mass is 10.2. The first-order valence-corrected chi connectivity index (χ1v) is 6.93. The number of nitrogens with two attached hydrogens (primary N) is 1. The number of thioether (sulfide) groups is 1. The van der Waals surface area contributed by atoms with E-state index in [-0.39, 0.29) is 0 Å². The van der Waals surface area contributed by atoms with Crippen LogP contribution in [-0.4, -0.2) is 43.5 Å². The van der Waals surface area contributed by atoms with Crippen LogP contribution in [0.5, 0.6) is 0 Å². The van der Waals surface area contributed by atoms with Crippen molar-refractivity contribution in [2.45, 2.75) is 17.9 Å². The van der Waals surface area contributed by atoms with E-state index in [9.17, 15) is 0 Å². The molecule has 1 aliphatic heterocycles. The molecule has 1 aliphatic rings. The fourth-order valence-electron chi connectivity index (χ4n) is 1.95. The summed E-state index contributed by atoms with van der Waals surface area (Å²) in [5, 5.41) is 0. The number of nitrogen functional groups attached to an aromatic ring is 1. The summed E-state index contributed by atoms with van der Waals surface area (Å²) in [6.07, 6.45) is 0.319. The summed E-state index contributed by atoms with van der Waals surface area (Å²) in [6.45, 7) is 4.95. The Hall–Kier alpha value is -0.710. The number of benzene rings is 1. The first-order valence-electron chi connectivity index (χ1n) is 5.94. The van der Waals surface area contributed by atoms with Gasteiger partial charge in [0.2, 0.25) is 0 Å². The molecule has 1 saturated heterocycles. The highest BCUT2D eigenvalue weighted by atomic mass is 32.2. The third-order valence-corrected chi connectivity index (χ3v) is 4.15. The molecule has 17 heavy (non-hydrogen) atoms. The van der Waals surface area contributed by atoms with Crippen LogP contribution in [0.3, 0.4) is 0 Å². The Labute approximate surface area is 107 Å². The summed E-state index contributed by atoms with van der Waals surface area (Å²) in [4.78, 5) is 3.47. The molecular formula is C13H20N2OS. The molecule has 1 atom stereocenters. The zero-order chi connectivity index (χ0) is 12.3. The third kappa shape index (κ3) is 3.63. The average molecular weight is 252 g/mol. The van der Waals surface area contributed by atoms with Crippen molar-refractivity contribution >= 4 is 17.4 Å². The summed E-state index contributed by atoms with van der Waals surface area (Å²) in [5.74, 6) is 0.970. The molecule has 4 heteroatoms. The predicted octanol–water partition coefficient (Wildman–Crippen LogP) is 2.00. The van der Waals surface area contributed by atoms with E-state index in [4.69, 9.17) is 10.5 Å². The number of anilines is 1. The van der Waals surface area contributed by atoms with Crippen molar-refractivity contribution in [3.63, 3.8) is 0 Å². The number of hydrogen-bond acceptors (Lipinski definition) is 4. The van der Waals surface area contributed by atoms with E-state index in [0.717, 1.165) is 36.0 Å². The summed E-state index contributed by atoms with van der Waals surface area (Å²) in [7, 11) is 2.14. The SMILES string of the molecule is Cc1ccc(SCC2CN(C)CCO2)c(N)c1. The van der Waals surface area contributed by atoms with Gasteiger partial charge in [0.15, 0.2) is 0 Å². The Balaban J connectivity index is 1.88. The fourth-order valence-corrected chi connectivity index (χ4v) is 2.91. The minimum Gasteiger partial charge on any atom is -0.398 e. The Kier molecular flexibility index (Phi) is 4.31. The van der Waals surface area contributed by atoms with Crippen LogP contribution in [-0.2, 0) is 4.74 Å². The monoisotopic (exact) mass is 252 g/mol. The van der Waals surface area contributed by atoms with Gasteiger partial charge in [-0.25, -0.2) is 0 Å². The van der Waals surface area contributed by atoms with Crippen molar-refractivity contribution in [1.82, 2.24) is 4.90 Å². The van der Waals surface area contributed by atoms with E-state index in [1.165, 1.54) is 5.56 Å². The molecule has 2 N–H and O–H groups in total. The lowest BCUT2D eigenvalue weighted by Gasteiger charge is -2.29. The van der Waals surface area contributed by atoms with Gasteiger partial charge < -0.3 is 15.4 Å². The van der Waals surface area contributed by atoms with Gasteiger partial charge in [0.1, 0.15) is 0 Å². The number of ether oxygens (including phenoxy) is 1. The van der Waals surface area contributed by atoms with E-state index >= 15 is 0 Å². The molecule has 94 valence electrons. The summed E-state index contributed by atoms with van der Waals surface area (Å²) in [6, 6.07) is 6.23.